The van der Waals surface area contributed by atoms with Gasteiger partial charge in [0.25, 0.3) is 0 Å². The molecular weight excluding hydrogens is 405 g/mol. The van der Waals surface area contributed by atoms with Crippen LogP contribution in [0.3, 0.4) is 0 Å². The highest BCUT2D eigenvalue weighted by atomic mass is 35.5. The Hall–Kier alpha value is -1.84. The maximum atomic E-state index is 13.8. The van der Waals surface area contributed by atoms with Gasteiger partial charge in [-0.2, -0.15) is 17.5 Å². The second-order valence-corrected chi connectivity index (χ2v) is 7.99. The van der Waals surface area contributed by atoms with E-state index in [4.69, 9.17) is 16.3 Å². The highest BCUT2D eigenvalue weighted by molar-refractivity contribution is 7.89. The Morgan fingerprint density at radius 2 is 1.85 bits per heavy atom. The van der Waals surface area contributed by atoms with Crippen molar-refractivity contribution in [1.82, 2.24) is 9.29 Å². The van der Waals surface area contributed by atoms with Crippen LogP contribution in [0.1, 0.15) is 24.1 Å². The lowest BCUT2D eigenvalue weighted by atomic mass is 10.1. The molecule has 0 radical (unpaired) electrons. The molecule has 0 aliphatic rings. The third kappa shape index (κ3) is 4.53. The highest BCUT2D eigenvalue weighted by Gasteiger charge is 2.49. The molecule has 1 aromatic carbocycles. The predicted molar refractivity (Wildman–Crippen MR) is 95.3 cm³/mol. The van der Waals surface area contributed by atoms with Crippen molar-refractivity contribution in [2.45, 2.75) is 31.0 Å². The summed E-state index contributed by atoms with van der Waals surface area (Å²) in [7, 11) is -3.13. The summed E-state index contributed by atoms with van der Waals surface area (Å²) in [5.41, 5.74) is 0.00813. The van der Waals surface area contributed by atoms with Gasteiger partial charge in [-0.25, -0.2) is 13.4 Å². The van der Waals surface area contributed by atoms with Gasteiger partial charge in [0.2, 0.25) is 15.9 Å². The average molecular weight is 423 g/mol. The minimum atomic E-state index is -4.83. The molecule has 0 spiro atoms. The largest absolute Gasteiger partial charge is 0.481 e. The van der Waals surface area contributed by atoms with Crippen LogP contribution < -0.4 is 4.74 Å². The zero-order chi connectivity index (χ0) is 20.4. The Morgan fingerprint density at radius 3 is 2.30 bits per heavy atom. The van der Waals surface area contributed by atoms with Crippen LogP contribution in [0, 0.1) is 6.92 Å². The van der Waals surface area contributed by atoms with Gasteiger partial charge in [0.05, 0.1) is 13.3 Å². The van der Waals surface area contributed by atoms with E-state index in [1.165, 1.54) is 39.2 Å². The van der Waals surface area contributed by atoms with Crippen molar-refractivity contribution in [2.75, 3.05) is 13.7 Å². The number of pyridine rings is 1. The molecule has 0 fully saturated rings. The Bertz CT molecular complexity index is 903. The molecule has 1 heterocycles. The van der Waals surface area contributed by atoms with E-state index >= 15 is 0 Å². The van der Waals surface area contributed by atoms with Gasteiger partial charge < -0.3 is 4.74 Å². The maximum absolute atomic E-state index is 13.8. The lowest BCUT2D eigenvalue weighted by molar-refractivity contribution is -0.173. The van der Waals surface area contributed by atoms with Gasteiger partial charge in [0, 0.05) is 17.6 Å². The Balaban J connectivity index is 2.60. The maximum Gasteiger partial charge on any atom is 0.409 e. The average Bonchev–Trinajstić information content (AvgIpc) is 2.59. The number of alkyl halides is 3. The first kappa shape index (κ1) is 21.5. The zero-order valence-corrected chi connectivity index (χ0v) is 16.4. The summed E-state index contributed by atoms with van der Waals surface area (Å²) in [4.78, 5) is 3.51. The third-order valence-electron chi connectivity index (χ3n) is 3.93. The van der Waals surface area contributed by atoms with Crippen LogP contribution in [0.5, 0.6) is 5.88 Å². The van der Waals surface area contributed by atoms with Gasteiger partial charge in [0.1, 0.15) is 10.9 Å². The molecule has 0 amide bonds. The van der Waals surface area contributed by atoms with E-state index in [-0.39, 0.29) is 33.5 Å². The number of halogens is 4. The minimum Gasteiger partial charge on any atom is -0.481 e. The Labute approximate surface area is 160 Å². The van der Waals surface area contributed by atoms with Crippen LogP contribution in [0.25, 0.3) is 0 Å². The van der Waals surface area contributed by atoms with Gasteiger partial charge in [-0.1, -0.05) is 30.7 Å². The summed E-state index contributed by atoms with van der Waals surface area (Å²) in [6.45, 7) is 2.43. The quantitative estimate of drug-likeness (QED) is 0.693. The van der Waals surface area contributed by atoms with E-state index in [2.05, 4.69) is 4.98 Å². The summed E-state index contributed by atoms with van der Waals surface area (Å²) in [6.07, 6.45) is -3.83. The Kier molecular flexibility index (Phi) is 6.39. The topological polar surface area (TPSA) is 59.5 Å². The van der Waals surface area contributed by atoms with Crippen LogP contribution in [0.2, 0.25) is 5.02 Å². The number of nitrogens with zero attached hydrogens (tertiary/aromatic N) is 2. The summed E-state index contributed by atoms with van der Waals surface area (Å²) in [6, 6.07) is 3.90. The lowest BCUT2D eigenvalue weighted by Crippen LogP contribution is -2.42. The van der Waals surface area contributed by atoms with Crippen molar-refractivity contribution in [3.63, 3.8) is 0 Å². The normalized spacial score (nSPS) is 13.6. The van der Waals surface area contributed by atoms with E-state index in [1.54, 1.807) is 0 Å². The van der Waals surface area contributed by atoms with Crippen molar-refractivity contribution < 1.29 is 26.3 Å². The number of methoxy groups -OCH3 is 1. The molecule has 0 saturated carbocycles. The summed E-state index contributed by atoms with van der Waals surface area (Å²) >= 11 is 5.75. The standard InChI is InChI=1S/C17H18ClF3N2O3S/c1-4-23(16(17(19,20)21)12-5-7-13(18)8-6-12)27(24,25)14-10-22-15(26-3)9-11(14)2/h5-10,16H,4H2,1-3H3. The molecule has 0 N–H and O–H groups in total. The van der Waals surface area contributed by atoms with Gasteiger partial charge in [-0.05, 0) is 30.2 Å². The highest BCUT2D eigenvalue weighted by Crippen LogP contribution is 2.41. The third-order valence-corrected chi connectivity index (χ3v) is 6.25. The first-order valence-corrected chi connectivity index (χ1v) is 9.68. The Morgan fingerprint density at radius 1 is 1.26 bits per heavy atom. The zero-order valence-electron chi connectivity index (χ0n) is 14.8. The number of hydrogen-bond acceptors (Lipinski definition) is 4. The van der Waals surface area contributed by atoms with Crippen LogP contribution in [0.15, 0.2) is 41.4 Å². The number of benzene rings is 1. The van der Waals surface area contributed by atoms with E-state index in [0.29, 0.717) is 4.31 Å². The summed E-state index contributed by atoms with van der Waals surface area (Å²) < 4.78 is 72.9. The number of aryl methyl sites for hydroxylation is 1. The molecule has 0 aliphatic carbocycles. The number of sulfonamides is 1. The second kappa shape index (κ2) is 8.04. The van der Waals surface area contributed by atoms with E-state index in [0.717, 1.165) is 18.3 Å². The van der Waals surface area contributed by atoms with Gasteiger partial charge in [0.15, 0.2) is 0 Å². The summed E-state index contributed by atoms with van der Waals surface area (Å²) in [5, 5.41) is 0.251. The van der Waals surface area contributed by atoms with Crippen LogP contribution in [-0.2, 0) is 10.0 Å². The smallest absolute Gasteiger partial charge is 0.409 e. The molecule has 1 atom stereocenters. The SMILES string of the molecule is CCN(C(c1ccc(Cl)cc1)C(F)(F)F)S(=O)(=O)c1cnc(OC)cc1C. The van der Waals surface area contributed by atoms with Crippen molar-refractivity contribution in [1.29, 1.82) is 0 Å². The molecule has 0 bridgehead atoms. The molecular formula is C17H18ClF3N2O3S. The van der Waals surface area contributed by atoms with Gasteiger partial charge >= 0.3 is 6.18 Å². The monoisotopic (exact) mass is 422 g/mol. The number of rotatable bonds is 6. The number of hydrogen-bond donors (Lipinski definition) is 0. The van der Waals surface area contributed by atoms with Crippen molar-refractivity contribution in [2.24, 2.45) is 0 Å². The molecule has 0 aliphatic heterocycles. The van der Waals surface area contributed by atoms with Crippen LogP contribution >= 0.6 is 11.6 Å². The molecule has 1 aromatic heterocycles. The molecule has 1 unspecified atom stereocenters. The molecule has 5 nitrogen and oxygen atoms in total. The fourth-order valence-corrected chi connectivity index (χ4v) is 4.57. The molecule has 2 rings (SSSR count). The second-order valence-electron chi connectivity index (χ2n) is 5.70. The van der Waals surface area contributed by atoms with E-state index in [9.17, 15) is 21.6 Å². The first-order chi connectivity index (χ1) is 12.5. The van der Waals surface area contributed by atoms with Crippen molar-refractivity contribution in [3.05, 3.63) is 52.7 Å². The molecule has 2 aromatic rings. The van der Waals surface area contributed by atoms with E-state index < -0.39 is 22.2 Å². The minimum absolute atomic E-state index is 0.166. The number of ether oxygens (including phenoxy) is 1. The predicted octanol–water partition coefficient (Wildman–Crippen LogP) is 4.37. The van der Waals surface area contributed by atoms with Gasteiger partial charge in [-0.15, -0.1) is 0 Å². The van der Waals surface area contributed by atoms with Crippen molar-refractivity contribution >= 4 is 21.6 Å². The van der Waals surface area contributed by atoms with Crippen molar-refractivity contribution in [3.8, 4) is 5.88 Å². The van der Waals surface area contributed by atoms with Crippen LogP contribution in [0.4, 0.5) is 13.2 Å². The lowest BCUT2D eigenvalue weighted by Gasteiger charge is -2.32. The summed E-state index contributed by atoms with van der Waals surface area (Å²) in [5.74, 6) is 0.166. The molecule has 10 heteroatoms. The fraction of sp³-hybridized carbons (Fsp3) is 0.353. The first-order valence-electron chi connectivity index (χ1n) is 7.87. The van der Waals surface area contributed by atoms with E-state index in [1.807, 2.05) is 0 Å². The van der Waals surface area contributed by atoms with Gasteiger partial charge in [-0.3, -0.25) is 0 Å². The fourth-order valence-electron chi connectivity index (χ4n) is 2.68. The molecule has 27 heavy (non-hydrogen) atoms. The number of aromatic nitrogens is 1. The molecule has 148 valence electrons. The van der Waals surface area contributed by atoms with Crippen LogP contribution in [-0.4, -0.2) is 37.5 Å². The molecule has 0 saturated heterocycles.